The lowest BCUT2D eigenvalue weighted by molar-refractivity contribution is -0.0117. The van der Waals surface area contributed by atoms with Gasteiger partial charge in [0.2, 0.25) is 0 Å². The van der Waals surface area contributed by atoms with Gasteiger partial charge in [0.1, 0.15) is 0 Å². The quantitative estimate of drug-likeness (QED) is 0.762. The lowest BCUT2D eigenvalue weighted by Gasteiger charge is -2.25. The van der Waals surface area contributed by atoms with Crippen LogP contribution in [0.1, 0.15) is 52.9 Å². The monoisotopic (exact) mass is 213 g/mol. The Hall–Kier alpha value is -0.0800. The molecule has 1 rings (SSSR count). The van der Waals surface area contributed by atoms with Gasteiger partial charge < -0.3 is 10.5 Å². The van der Waals surface area contributed by atoms with E-state index >= 15 is 0 Å². The van der Waals surface area contributed by atoms with Gasteiger partial charge in [0.05, 0.1) is 5.60 Å². The minimum atomic E-state index is -0.00513. The minimum absolute atomic E-state index is 0.00513. The largest absolute Gasteiger partial charge is 0.376 e. The molecule has 1 atom stereocenters. The zero-order chi connectivity index (χ0) is 11.3. The predicted molar refractivity (Wildman–Crippen MR) is 64.8 cm³/mol. The van der Waals surface area contributed by atoms with Crippen molar-refractivity contribution in [2.75, 3.05) is 13.2 Å². The second-order valence-corrected chi connectivity index (χ2v) is 5.79. The summed E-state index contributed by atoms with van der Waals surface area (Å²) in [7, 11) is 0. The Morgan fingerprint density at radius 3 is 2.33 bits per heavy atom. The molecule has 0 aliphatic heterocycles. The standard InChI is InChI=1S/C13H27NO/c1-13(2,3)15-9-8-12(10-14)11-6-4-5-7-11/h11-12H,4-10,14H2,1-3H3. The second-order valence-electron chi connectivity index (χ2n) is 5.79. The van der Waals surface area contributed by atoms with Crippen molar-refractivity contribution in [1.29, 1.82) is 0 Å². The molecule has 2 heteroatoms. The number of hydrogen-bond donors (Lipinski definition) is 1. The first-order valence-corrected chi connectivity index (χ1v) is 6.37. The van der Waals surface area contributed by atoms with E-state index in [4.69, 9.17) is 10.5 Å². The van der Waals surface area contributed by atoms with Crippen molar-refractivity contribution < 1.29 is 4.74 Å². The van der Waals surface area contributed by atoms with E-state index in [9.17, 15) is 0 Å². The summed E-state index contributed by atoms with van der Waals surface area (Å²) in [4.78, 5) is 0. The molecule has 1 unspecified atom stereocenters. The molecule has 1 saturated carbocycles. The third-order valence-corrected chi connectivity index (χ3v) is 3.39. The fourth-order valence-electron chi connectivity index (χ4n) is 2.49. The number of ether oxygens (including phenoxy) is 1. The van der Waals surface area contributed by atoms with Crippen molar-refractivity contribution in [3.05, 3.63) is 0 Å². The Balaban J connectivity index is 2.21. The fraction of sp³-hybridized carbons (Fsp3) is 1.00. The van der Waals surface area contributed by atoms with Gasteiger partial charge in [-0.1, -0.05) is 25.7 Å². The second kappa shape index (κ2) is 5.86. The van der Waals surface area contributed by atoms with Crippen molar-refractivity contribution in [2.45, 2.75) is 58.5 Å². The summed E-state index contributed by atoms with van der Waals surface area (Å²) < 4.78 is 5.77. The van der Waals surface area contributed by atoms with Crippen LogP contribution in [0.2, 0.25) is 0 Å². The van der Waals surface area contributed by atoms with Gasteiger partial charge in [0, 0.05) is 6.61 Å². The number of rotatable bonds is 5. The zero-order valence-electron chi connectivity index (χ0n) is 10.6. The Kier molecular flexibility index (Phi) is 5.07. The molecule has 1 aliphatic carbocycles. The molecule has 90 valence electrons. The van der Waals surface area contributed by atoms with Gasteiger partial charge in [-0.05, 0) is 45.6 Å². The van der Waals surface area contributed by atoms with E-state index in [0.717, 1.165) is 25.5 Å². The molecule has 0 radical (unpaired) electrons. The summed E-state index contributed by atoms with van der Waals surface area (Å²) in [6, 6.07) is 0. The van der Waals surface area contributed by atoms with E-state index in [0.29, 0.717) is 5.92 Å². The summed E-state index contributed by atoms with van der Waals surface area (Å²) in [5.74, 6) is 1.56. The van der Waals surface area contributed by atoms with Crippen molar-refractivity contribution in [3.63, 3.8) is 0 Å². The van der Waals surface area contributed by atoms with Gasteiger partial charge in [0.15, 0.2) is 0 Å². The van der Waals surface area contributed by atoms with E-state index in [1.807, 2.05) is 0 Å². The van der Waals surface area contributed by atoms with Crippen LogP contribution < -0.4 is 5.73 Å². The molecule has 2 nitrogen and oxygen atoms in total. The Labute approximate surface area is 94.6 Å². The lowest BCUT2D eigenvalue weighted by atomic mass is 9.88. The van der Waals surface area contributed by atoms with Crippen LogP contribution >= 0.6 is 0 Å². The highest BCUT2D eigenvalue weighted by atomic mass is 16.5. The average Bonchev–Trinajstić information content (AvgIpc) is 2.63. The van der Waals surface area contributed by atoms with Gasteiger partial charge in [-0.2, -0.15) is 0 Å². The SMILES string of the molecule is CC(C)(C)OCCC(CN)C1CCCC1. The van der Waals surface area contributed by atoms with E-state index in [2.05, 4.69) is 20.8 Å². The summed E-state index contributed by atoms with van der Waals surface area (Å²) in [5.41, 5.74) is 5.84. The number of nitrogens with two attached hydrogens (primary N) is 1. The Bertz CT molecular complexity index is 168. The molecule has 0 saturated heterocycles. The van der Waals surface area contributed by atoms with Crippen molar-refractivity contribution in [1.82, 2.24) is 0 Å². The molecule has 2 N–H and O–H groups in total. The van der Waals surface area contributed by atoms with E-state index in [1.54, 1.807) is 0 Å². The maximum Gasteiger partial charge on any atom is 0.0598 e. The van der Waals surface area contributed by atoms with Gasteiger partial charge in [-0.15, -0.1) is 0 Å². The minimum Gasteiger partial charge on any atom is -0.376 e. The molecule has 0 spiro atoms. The Morgan fingerprint density at radius 2 is 1.87 bits per heavy atom. The van der Waals surface area contributed by atoms with Crippen LogP contribution in [0.3, 0.4) is 0 Å². The third kappa shape index (κ3) is 4.98. The molecule has 0 aromatic rings. The van der Waals surface area contributed by atoms with Crippen molar-refractivity contribution in [3.8, 4) is 0 Å². The maximum atomic E-state index is 5.85. The summed E-state index contributed by atoms with van der Waals surface area (Å²) >= 11 is 0. The first-order chi connectivity index (χ1) is 7.03. The van der Waals surface area contributed by atoms with E-state index in [-0.39, 0.29) is 5.60 Å². The van der Waals surface area contributed by atoms with Crippen LogP contribution in [0.15, 0.2) is 0 Å². The predicted octanol–water partition coefficient (Wildman–Crippen LogP) is 2.96. The van der Waals surface area contributed by atoms with Crippen LogP contribution in [0.5, 0.6) is 0 Å². The Morgan fingerprint density at radius 1 is 1.27 bits per heavy atom. The smallest absolute Gasteiger partial charge is 0.0598 e. The van der Waals surface area contributed by atoms with E-state index in [1.165, 1.54) is 25.7 Å². The van der Waals surface area contributed by atoms with Crippen LogP contribution in [0.4, 0.5) is 0 Å². The van der Waals surface area contributed by atoms with Crippen LogP contribution in [0, 0.1) is 11.8 Å². The summed E-state index contributed by atoms with van der Waals surface area (Å²) in [6.45, 7) is 8.03. The topological polar surface area (TPSA) is 35.2 Å². The highest BCUT2D eigenvalue weighted by Crippen LogP contribution is 2.32. The molecule has 0 bridgehead atoms. The first kappa shape index (κ1) is 13.0. The zero-order valence-corrected chi connectivity index (χ0v) is 10.6. The summed E-state index contributed by atoms with van der Waals surface area (Å²) in [5, 5.41) is 0. The van der Waals surface area contributed by atoms with Crippen LogP contribution in [-0.2, 0) is 4.74 Å². The molecule has 0 amide bonds. The van der Waals surface area contributed by atoms with Gasteiger partial charge in [-0.25, -0.2) is 0 Å². The van der Waals surface area contributed by atoms with Crippen LogP contribution in [0.25, 0.3) is 0 Å². The molecule has 15 heavy (non-hydrogen) atoms. The molecule has 1 aliphatic rings. The molecule has 0 aromatic heterocycles. The molecule has 0 heterocycles. The van der Waals surface area contributed by atoms with Crippen molar-refractivity contribution >= 4 is 0 Å². The first-order valence-electron chi connectivity index (χ1n) is 6.37. The van der Waals surface area contributed by atoms with Gasteiger partial charge in [0.25, 0.3) is 0 Å². The molecular weight excluding hydrogens is 186 g/mol. The van der Waals surface area contributed by atoms with Crippen molar-refractivity contribution in [2.24, 2.45) is 17.6 Å². The molecule has 0 aromatic carbocycles. The average molecular weight is 213 g/mol. The molecule has 1 fully saturated rings. The molecular formula is C13H27NO. The highest BCUT2D eigenvalue weighted by molar-refractivity contribution is 4.76. The van der Waals surface area contributed by atoms with Gasteiger partial charge >= 0.3 is 0 Å². The number of hydrogen-bond acceptors (Lipinski definition) is 2. The maximum absolute atomic E-state index is 5.85. The summed E-state index contributed by atoms with van der Waals surface area (Å²) in [6.07, 6.45) is 6.72. The highest BCUT2D eigenvalue weighted by Gasteiger charge is 2.24. The van der Waals surface area contributed by atoms with Gasteiger partial charge in [-0.3, -0.25) is 0 Å². The van der Waals surface area contributed by atoms with Crippen LogP contribution in [-0.4, -0.2) is 18.8 Å². The fourth-order valence-corrected chi connectivity index (χ4v) is 2.49. The third-order valence-electron chi connectivity index (χ3n) is 3.39. The lowest BCUT2D eigenvalue weighted by Crippen LogP contribution is -2.26. The van der Waals surface area contributed by atoms with E-state index < -0.39 is 0 Å². The normalized spacial score (nSPS) is 20.8.